The Bertz CT molecular complexity index is 877. The number of benzene rings is 1. The van der Waals surface area contributed by atoms with Crippen molar-refractivity contribution >= 4 is 5.91 Å². The number of nitrogens with zero attached hydrogens (tertiary/aromatic N) is 3. The molecular weight excluding hydrogens is 349 g/mol. The van der Waals surface area contributed by atoms with Crippen molar-refractivity contribution < 1.29 is 22.5 Å². The summed E-state index contributed by atoms with van der Waals surface area (Å²) in [4.78, 5) is 19.2. The minimum atomic E-state index is -4.68. The van der Waals surface area contributed by atoms with Crippen LogP contribution in [0.1, 0.15) is 17.0 Å². The quantitative estimate of drug-likeness (QED) is 0.755. The molecule has 0 spiro atoms. The normalized spacial score (nSPS) is 11.3. The lowest BCUT2D eigenvalue weighted by Crippen LogP contribution is -2.24. The number of hydrogen-bond acceptors (Lipinski definition) is 5. The topological polar surface area (TPSA) is 80.9 Å². The highest BCUT2D eigenvalue weighted by atomic mass is 19.4. The molecule has 3 aromatic rings. The first-order valence-electron chi connectivity index (χ1n) is 7.57. The monoisotopic (exact) mass is 362 g/mol. The minimum Gasteiger partial charge on any atom is -0.352 e. The van der Waals surface area contributed by atoms with E-state index in [0.717, 1.165) is 5.56 Å². The van der Waals surface area contributed by atoms with Gasteiger partial charge in [0.1, 0.15) is 0 Å². The molecule has 6 nitrogen and oxygen atoms in total. The van der Waals surface area contributed by atoms with Gasteiger partial charge in [0, 0.05) is 24.5 Å². The summed E-state index contributed by atoms with van der Waals surface area (Å²) in [5.74, 6) is -1.73. The number of alkyl halides is 3. The zero-order valence-electron chi connectivity index (χ0n) is 13.3. The van der Waals surface area contributed by atoms with Crippen LogP contribution in [0, 0.1) is 0 Å². The molecule has 1 aromatic carbocycles. The second-order valence-corrected chi connectivity index (χ2v) is 5.43. The van der Waals surface area contributed by atoms with Crippen molar-refractivity contribution in [2.24, 2.45) is 0 Å². The van der Waals surface area contributed by atoms with Gasteiger partial charge < -0.3 is 9.84 Å². The first-order valence-corrected chi connectivity index (χ1v) is 7.57. The zero-order chi connectivity index (χ0) is 18.6. The lowest BCUT2D eigenvalue weighted by molar-refractivity contribution is -0.159. The highest BCUT2D eigenvalue weighted by molar-refractivity contribution is 5.78. The predicted octanol–water partition coefficient (Wildman–Crippen LogP) is 3.01. The first-order chi connectivity index (χ1) is 12.4. The number of hydrogen-bond donors (Lipinski definition) is 1. The fourth-order valence-corrected chi connectivity index (χ4v) is 2.18. The number of amides is 1. The van der Waals surface area contributed by atoms with Crippen LogP contribution in [0.25, 0.3) is 11.4 Å². The fourth-order valence-electron chi connectivity index (χ4n) is 2.18. The van der Waals surface area contributed by atoms with Gasteiger partial charge in [0.25, 0.3) is 0 Å². The van der Waals surface area contributed by atoms with Crippen LogP contribution >= 0.6 is 0 Å². The van der Waals surface area contributed by atoms with Crippen molar-refractivity contribution in [3.05, 3.63) is 65.8 Å². The van der Waals surface area contributed by atoms with Crippen LogP contribution in [0.5, 0.6) is 0 Å². The van der Waals surface area contributed by atoms with Crippen LogP contribution in [-0.2, 0) is 23.9 Å². The molecule has 0 unspecified atom stereocenters. The van der Waals surface area contributed by atoms with Crippen molar-refractivity contribution in [2.75, 3.05) is 0 Å². The Labute approximate surface area is 146 Å². The van der Waals surface area contributed by atoms with Crippen molar-refractivity contribution in [3.63, 3.8) is 0 Å². The smallest absolute Gasteiger partial charge is 0.352 e. The molecule has 0 radical (unpaired) electrons. The molecule has 0 aliphatic carbocycles. The fraction of sp³-hybridized carbons (Fsp3) is 0.176. The van der Waals surface area contributed by atoms with E-state index in [1.165, 1.54) is 12.1 Å². The van der Waals surface area contributed by atoms with Gasteiger partial charge in [-0.15, -0.1) is 0 Å². The molecule has 0 fully saturated rings. The van der Waals surface area contributed by atoms with Gasteiger partial charge in [0.15, 0.2) is 0 Å². The molecular formula is C17H13F3N4O2. The summed E-state index contributed by atoms with van der Waals surface area (Å²) < 4.78 is 41.6. The lowest BCUT2D eigenvalue weighted by atomic mass is 10.1. The third-order valence-electron chi connectivity index (χ3n) is 3.48. The average Bonchev–Trinajstić information content (AvgIpc) is 3.12. The number of carbonyl (C=O) groups is 1. The molecule has 9 heteroatoms. The second-order valence-electron chi connectivity index (χ2n) is 5.43. The van der Waals surface area contributed by atoms with Crippen molar-refractivity contribution in [1.82, 2.24) is 20.4 Å². The summed E-state index contributed by atoms with van der Waals surface area (Å²) in [6.45, 7) is 0.391. The maximum atomic E-state index is 12.5. The Morgan fingerprint density at radius 3 is 2.35 bits per heavy atom. The summed E-state index contributed by atoms with van der Waals surface area (Å²) in [5.41, 5.74) is 2.01. The molecule has 2 heterocycles. The van der Waals surface area contributed by atoms with E-state index in [1.54, 1.807) is 36.7 Å². The van der Waals surface area contributed by atoms with Gasteiger partial charge in [0.2, 0.25) is 11.7 Å². The van der Waals surface area contributed by atoms with Crippen molar-refractivity contribution in [1.29, 1.82) is 0 Å². The molecule has 0 atom stereocenters. The standard InChI is InChI=1S/C17H13F3N4O2/c18-17(19,20)16-23-15(24-26-16)13-3-1-11(2-4-13)9-14(25)22-10-12-5-7-21-8-6-12/h1-8H,9-10H2,(H,22,25). The number of aromatic nitrogens is 3. The molecule has 2 aromatic heterocycles. The molecule has 134 valence electrons. The van der Waals surface area contributed by atoms with Gasteiger partial charge >= 0.3 is 12.1 Å². The van der Waals surface area contributed by atoms with E-state index in [4.69, 9.17) is 0 Å². The maximum absolute atomic E-state index is 12.5. The van der Waals surface area contributed by atoms with Crippen molar-refractivity contribution in [2.45, 2.75) is 19.1 Å². The van der Waals surface area contributed by atoms with Crippen LogP contribution in [0.2, 0.25) is 0 Å². The number of carbonyl (C=O) groups excluding carboxylic acids is 1. The molecule has 0 saturated heterocycles. The van der Waals surface area contributed by atoms with E-state index in [1.807, 2.05) is 0 Å². The van der Waals surface area contributed by atoms with E-state index < -0.39 is 12.1 Å². The molecule has 3 rings (SSSR count). The van der Waals surface area contributed by atoms with E-state index >= 15 is 0 Å². The van der Waals surface area contributed by atoms with E-state index in [9.17, 15) is 18.0 Å². The van der Waals surface area contributed by atoms with Gasteiger partial charge in [-0.2, -0.15) is 18.2 Å². The van der Waals surface area contributed by atoms with Crippen LogP contribution in [-0.4, -0.2) is 21.0 Å². The van der Waals surface area contributed by atoms with Crippen LogP contribution in [0.4, 0.5) is 13.2 Å². The van der Waals surface area contributed by atoms with E-state index in [2.05, 4.69) is 25.0 Å². The summed E-state index contributed by atoms with van der Waals surface area (Å²) in [6, 6.07) is 9.94. The maximum Gasteiger partial charge on any atom is 0.471 e. The first kappa shape index (κ1) is 17.6. The van der Waals surface area contributed by atoms with Gasteiger partial charge in [0.05, 0.1) is 6.42 Å². The molecule has 26 heavy (non-hydrogen) atoms. The van der Waals surface area contributed by atoms with Crippen molar-refractivity contribution in [3.8, 4) is 11.4 Å². The SMILES string of the molecule is O=C(Cc1ccc(-c2noc(C(F)(F)F)n2)cc1)NCc1ccncc1. The Morgan fingerprint density at radius 2 is 1.73 bits per heavy atom. The molecule has 1 amide bonds. The van der Waals surface area contributed by atoms with Gasteiger partial charge in [-0.05, 0) is 23.3 Å². The van der Waals surface area contributed by atoms with Crippen LogP contribution in [0.15, 0.2) is 53.3 Å². The van der Waals surface area contributed by atoms with Gasteiger partial charge in [-0.1, -0.05) is 29.4 Å². The highest BCUT2D eigenvalue weighted by Gasteiger charge is 2.38. The summed E-state index contributed by atoms with van der Waals surface area (Å²) in [7, 11) is 0. The van der Waals surface area contributed by atoms with Crippen LogP contribution in [0.3, 0.4) is 0 Å². The third-order valence-corrected chi connectivity index (χ3v) is 3.48. The Kier molecular flexibility index (Phi) is 4.97. The molecule has 0 saturated carbocycles. The number of halogens is 3. The van der Waals surface area contributed by atoms with Crippen LogP contribution < -0.4 is 5.32 Å². The average molecular weight is 362 g/mol. The Hall–Kier alpha value is -3.23. The summed E-state index contributed by atoms with van der Waals surface area (Å²) in [6.07, 6.45) is -1.26. The molecule has 0 aliphatic rings. The molecule has 0 bridgehead atoms. The zero-order valence-corrected chi connectivity index (χ0v) is 13.3. The lowest BCUT2D eigenvalue weighted by Gasteiger charge is -2.05. The summed E-state index contributed by atoms with van der Waals surface area (Å²) >= 11 is 0. The highest BCUT2D eigenvalue weighted by Crippen LogP contribution is 2.29. The van der Waals surface area contributed by atoms with Gasteiger partial charge in [-0.25, -0.2) is 0 Å². The molecule has 0 aliphatic heterocycles. The number of pyridine rings is 1. The Morgan fingerprint density at radius 1 is 1.04 bits per heavy atom. The third kappa shape index (κ3) is 4.44. The van der Waals surface area contributed by atoms with Gasteiger partial charge in [-0.3, -0.25) is 9.78 Å². The summed E-state index contributed by atoms with van der Waals surface area (Å²) in [5, 5.41) is 6.10. The van der Waals surface area contributed by atoms with E-state index in [0.29, 0.717) is 17.7 Å². The minimum absolute atomic E-state index is 0.144. The number of nitrogens with one attached hydrogen (secondary N) is 1. The predicted molar refractivity (Wildman–Crippen MR) is 84.5 cm³/mol. The largest absolute Gasteiger partial charge is 0.471 e. The Balaban J connectivity index is 1.59. The second kappa shape index (κ2) is 7.34. The molecule has 1 N–H and O–H groups in total. The van der Waals surface area contributed by atoms with E-state index in [-0.39, 0.29) is 18.2 Å². The number of rotatable bonds is 5.